The Morgan fingerprint density at radius 1 is 0.905 bits per heavy atom. The largest absolute Gasteiger partial charge is 0.497 e. The Labute approximate surface area is 259 Å². The fourth-order valence-electron chi connectivity index (χ4n) is 4.95. The summed E-state index contributed by atoms with van der Waals surface area (Å²) in [4.78, 5) is 17.6. The number of rotatable bonds is 8. The number of carbonyl (C=O) groups excluding carboxylic acids is 1. The van der Waals surface area contributed by atoms with E-state index in [2.05, 4.69) is 63.5 Å². The zero-order valence-electron chi connectivity index (χ0n) is 24.8. The molecule has 1 saturated heterocycles. The second kappa shape index (κ2) is 12.9. The van der Waals surface area contributed by atoms with E-state index in [-0.39, 0.29) is 16.6 Å². The average Bonchev–Trinajstić information content (AvgIpc) is 3.24. The maximum Gasteiger partial charge on any atom is 0.410 e. The zero-order chi connectivity index (χ0) is 29.9. The Hall–Kier alpha value is -3.27. The van der Waals surface area contributed by atoms with E-state index in [0.29, 0.717) is 19.7 Å². The summed E-state index contributed by atoms with van der Waals surface area (Å²) in [5.74, 6) is 3.27. The fraction of sp³-hybridized carbons (Fsp3) is 0.364. The lowest BCUT2D eigenvalue weighted by Crippen LogP contribution is -2.50. The highest BCUT2D eigenvalue weighted by Gasteiger charge is 2.29. The van der Waals surface area contributed by atoms with Crippen LogP contribution < -0.4 is 14.2 Å². The number of carbonyl (C=O) groups is 1. The van der Waals surface area contributed by atoms with Gasteiger partial charge in [0, 0.05) is 48.8 Å². The van der Waals surface area contributed by atoms with Crippen molar-refractivity contribution in [3.8, 4) is 33.4 Å². The van der Waals surface area contributed by atoms with Crippen LogP contribution in [0.4, 0.5) is 4.79 Å². The number of aryl methyl sites for hydroxylation is 1. The summed E-state index contributed by atoms with van der Waals surface area (Å²) in [5, 5.41) is 1.09. The zero-order valence-corrected chi connectivity index (χ0v) is 27.2. The number of thiophene rings is 1. The molecular weight excluding hydrogens is 616 g/mol. The molecule has 0 aliphatic carbocycles. The lowest BCUT2D eigenvalue weighted by Gasteiger charge is -2.35. The number of halogens is 1. The number of benzene rings is 3. The van der Waals surface area contributed by atoms with Crippen LogP contribution in [-0.2, 0) is 11.0 Å². The van der Waals surface area contributed by atoms with Gasteiger partial charge in [0.05, 0.1) is 12.5 Å². The van der Waals surface area contributed by atoms with Crippen LogP contribution in [0, 0.1) is 0 Å². The van der Waals surface area contributed by atoms with E-state index < -0.39 is 5.60 Å². The van der Waals surface area contributed by atoms with E-state index in [0.717, 1.165) is 58.1 Å². The van der Waals surface area contributed by atoms with Gasteiger partial charge in [0.15, 0.2) is 10.4 Å². The van der Waals surface area contributed by atoms with Crippen molar-refractivity contribution >= 4 is 42.6 Å². The molecule has 1 amide bonds. The minimum Gasteiger partial charge on any atom is -0.497 e. The number of fused-ring (bicyclic) bond motifs is 1. The van der Waals surface area contributed by atoms with Gasteiger partial charge in [-0.05, 0) is 91.9 Å². The maximum atomic E-state index is 12.3. The Morgan fingerprint density at radius 2 is 1.55 bits per heavy atom. The van der Waals surface area contributed by atoms with Crippen LogP contribution in [-0.4, -0.2) is 67.9 Å². The normalized spacial score (nSPS) is 14.6. The Kier molecular flexibility index (Phi) is 9.30. The van der Waals surface area contributed by atoms with Crippen molar-refractivity contribution < 1.29 is 23.7 Å². The monoisotopic (exact) mass is 653 g/mol. The topological polar surface area (TPSA) is 60.5 Å². The summed E-state index contributed by atoms with van der Waals surface area (Å²) in [5.41, 5.74) is 0.664. The number of methoxy groups -OCH3 is 1. The fourth-order valence-corrected chi connectivity index (χ4v) is 7.13. The molecule has 1 atom stereocenters. The summed E-state index contributed by atoms with van der Waals surface area (Å²) in [7, 11) is 1.52. The molecule has 0 saturated carbocycles. The van der Waals surface area contributed by atoms with Gasteiger partial charge in [-0.3, -0.25) is 4.90 Å². The highest BCUT2D eigenvalue weighted by molar-refractivity contribution is 9.10. The SMILES string of the molecule is COc1ccc2c(Oc3ccc(OCCN4CCN(C(=O)OC(C)(C)C)CC4)cc3)c(-c3ccc(Br)cc3)[s+](C)c2c1. The molecule has 3 aromatic carbocycles. The van der Waals surface area contributed by atoms with E-state index in [1.54, 1.807) is 12.0 Å². The third kappa shape index (κ3) is 7.19. The van der Waals surface area contributed by atoms with Crippen LogP contribution in [0.2, 0.25) is 0 Å². The lowest BCUT2D eigenvalue weighted by molar-refractivity contribution is 0.0137. The Bertz CT molecular complexity index is 1520. The second-order valence-electron chi connectivity index (χ2n) is 11.3. The molecule has 0 radical (unpaired) electrons. The first-order chi connectivity index (χ1) is 20.1. The van der Waals surface area contributed by atoms with Crippen LogP contribution in [0.25, 0.3) is 20.5 Å². The smallest absolute Gasteiger partial charge is 0.410 e. The van der Waals surface area contributed by atoms with Crippen LogP contribution in [0.3, 0.4) is 0 Å². The molecule has 42 heavy (non-hydrogen) atoms. The Morgan fingerprint density at radius 3 is 2.19 bits per heavy atom. The number of nitrogens with zero attached hydrogens (tertiary/aromatic N) is 2. The van der Waals surface area contributed by atoms with Crippen molar-refractivity contribution in [3.63, 3.8) is 0 Å². The van der Waals surface area contributed by atoms with E-state index >= 15 is 0 Å². The van der Waals surface area contributed by atoms with Crippen molar-refractivity contribution in [3.05, 3.63) is 71.2 Å². The number of amides is 1. The van der Waals surface area contributed by atoms with Gasteiger partial charge in [-0.1, -0.05) is 15.9 Å². The molecular formula is C33H38BrN2O5S+. The van der Waals surface area contributed by atoms with Gasteiger partial charge < -0.3 is 23.8 Å². The molecule has 1 fully saturated rings. The molecule has 0 spiro atoms. The summed E-state index contributed by atoms with van der Waals surface area (Å²) in [6.07, 6.45) is 2.00. The van der Waals surface area contributed by atoms with Gasteiger partial charge in [-0.2, -0.15) is 0 Å². The van der Waals surface area contributed by atoms with Crippen molar-refractivity contribution in [1.82, 2.24) is 9.80 Å². The van der Waals surface area contributed by atoms with Crippen molar-refractivity contribution in [1.29, 1.82) is 0 Å². The Balaban J connectivity index is 1.22. The lowest BCUT2D eigenvalue weighted by atomic mass is 10.1. The van der Waals surface area contributed by atoms with E-state index in [4.69, 9.17) is 18.9 Å². The molecule has 0 bridgehead atoms. The molecule has 222 valence electrons. The van der Waals surface area contributed by atoms with Gasteiger partial charge in [-0.15, -0.1) is 0 Å². The number of hydrogen-bond donors (Lipinski definition) is 0. The van der Waals surface area contributed by atoms with Crippen LogP contribution in [0.15, 0.2) is 71.2 Å². The summed E-state index contributed by atoms with van der Waals surface area (Å²) < 4.78 is 25.9. The third-order valence-corrected chi connectivity index (χ3v) is 9.69. The van der Waals surface area contributed by atoms with Crippen molar-refractivity contribution in [2.45, 2.75) is 26.4 Å². The van der Waals surface area contributed by atoms with Gasteiger partial charge in [0.2, 0.25) is 4.88 Å². The highest BCUT2D eigenvalue weighted by Crippen LogP contribution is 2.52. The van der Waals surface area contributed by atoms with Gasteiger partial charge in [-0.25, -0.2) is 4.79 Å². The van der Waals surface area contributed by atoms with Gasteiger partial charge in [0.25, 0.3) is 0 Å². The molecule has 1 aliphatic rings. The summed E-state index contributed by atoms with van der Waals surface area (Å²) >= 11 is 3.55. The number of piperazine rings is 1. The van der Waals surface area contributed by atoms with E-state index in [9.17, 15) is 4.79 Å². The van der Waals surface area contributed by atoms with Crippen LogP contribution in [0.5, 0.6) is 23.0 Å². The molecule has 7 nitrogen and oxygen atoms in total. The first kappa shape index (κ1) is 30.2. The number of hydrogen-bond acceptors (Lipinski definition) is 6. The average molecular weight is 655 g/mol. The first-order valence-electron chi connectivity index (χ1n) is 14.1. The second-order valence-corrected chi connectivity index (χ2v) is 14.1. The van der Waals surface area contributed by atoms with Crippen molar-refractivity contribution in [2.75, 3.05) is 46.4 Å². The molecule has 1 aromatic heterocycles. The highest BCUT2D eigenvalue weighted by atomic mass is 79.9. The maximum absolute atomic E-state index is 12.3. The minimum absolute atomic E-state index is 0.179. The molecule has 1 unspecified atom stereocenters. The standard InChI is InChI=1S/C33H38BrN2O5S/c1-33(2,3)41-32(37)36-18-16-35(17-19-36)20-21-39-25-10-12-26(13-11-25)40-30-28-15-14-27(38-4)22-29(28)42(5)31(30)23-6-8-24(34)9-7-23/h6-15,22H,16-21H2,1-5H3/q+1. The molecule has 4 aromatic rings. The predicted octanol–water partition coefficient (Wildman–Crippen LogP) is 8.29. The number of ether oxygens (including phenoxy) is 4. The quantitative estimate of drug-likeness (QED) is 0.178. The molecule has 2 heterocycles. The van der Waals surface area contributed by atoms with E-state index in [1.807, 2.05) is 51.1 Å². The van der Waals surface area contributed by atoms with Crippen LogP contribution >= 0.6 is 26.4 Å². The molecule has 9 heteroatoms. The first-order valence-corrected chi connectivity index (χ1v) is 16.5. The molecule has 5 rings (SSSR count). The van der Waals surface area contributed by atoms with Crippen LogP contribution in [0.1, 0.15) is 20.8 Å². The predicted molar refractivity (Wildman–Crippen MR) is 173 cm³/mol. The third-order valence-electron chi connectivity index (χ3n) is 7.13. The summed E-state index contributed by atoms with van der Waals surface area (Å²) in [6, 6.07) is 22.4. The van der Waals surface area contributed by atoms with Gasteiger partial charge >= 0.3 is 6.09 Å². The minimum atomic E-state index is -0.476. The van der Waals surface area contributed by atoms with Gasteiger partial charge in [0.1, 0.15) is 35.7 Å². The summed E-state index contributed by atoms with van der Waals surface area (Å²) in [6.45, 7) is 9.96. The van der Waals surface area contributed by atoms with Crippen molar-refractivity contribution in [2.24, 2.45) is 6.26 Å². The van der Waals surface area contributed by atoms with E-state index in [1.165, 1.54) is 9.58 Å². The molecule has 1 aliphatic heterocycles. The molecule has 0 N–H and O–H groups in total.